The molecule has 38 heavy (non-hydrogen) atoms. The van der Waals surface area contributed by atoms with Gasteiger partial charge in [0.05, 0.1) is 5.69 Å². The molecule has 1 aromatic heterocycles. The highest BCUT2D eigenvalue weighted by Gasteiger charge is 2.37. The van der Waals surface area contributed by atoms with Crippen molar-refractivity contribution in [3.05, 3.63) is 69.7 Å². The van der Waals surface area contributed by atoms with Gasteiger partial charge >= 0.3 is 0 Å². The maximum absolute atomic E-state index is 14.3. The molecule has 10 heteroatoms. The van der Waals surface area contributed by atoms with Crippen LogP contribution in [0.1, 0.15) is 68.6 Å². The summed E-state index contributed by atoms with van der Waals surface area (Å²) in [5, 5.41) is 3.18. The summed E-state index contributed by atoms with van der Waals surface area (Å²) in [6, 6.07) is 12.4. The standard InChI is InChI=1S/C28H34N6O3S/c1-16-9-10-17(2)21(15-16)34(28(37)25-22(29)23(26(30)35)32-38-25)24(27(36)31-19-7-5-6-8-19)18-11-13-20(14-12-18)33(3)4/h9-15,19,24H,5-8,29H2,1-4H3,(H2,30,35)(H,31,36)/t24-/m1/s1. The molecule has 0 radical (unpaired) electrons. The fraction of sp³-hybridized carbons (Fsp3) is 0.357. The molecule has 3 aromatic rings. The maximum Gasteiger partial charge on any atom is 0.273 e. The maximum atomic E-state index is 14.3. The Hall–Kier alpha value is -3.92. The molecule has 0 saturated heterocycles. The Kier molecular flexibility index (Phi) is 8.01. The number of nitrogen functional groups attached to an aromatic ring is 1. The molecule has 2 aromatic carbocycles. The number of anilines is 3. The van der Waals surface area contributed by atoms with Crippen molar-refractivity contribution in [2.24, 2.45) is 5.73 Å². The zero-order valence-electron chi connectivity index (χ0n) is 22.2. The van der Waals surface area contributed by atoms with Crippen LogP contribution in [0, 0.1) is 13.8 Å². The third-order valence-corrected chi connectivity index (χ3v) is 7.78. The van der Waals surface area contributed by atoms with E-state index in [-0.39, 0.29) is 28.2 Å². The Balaban J connectivity index is 1.89. The van der Waals surface area contributed by atoms with Crippen molar-refractivity contribution in [1.82, 2.24) is 9.69 Å². The van der Waals surface area contributed by atoms with Gasteiger partial charge in [-0.3, -0.25) is 19.3 Å². The molecular weight excluding hydrogens is 500 g/mol. The smallest absolute Gasteiger partial charge is 0.273 e. The van der Waals surface area contributed by atoms with E-state index in [9.17, 15) is 14.4 Å². The largest absolute Gasteiger partial charge is 0.395 e. The molecule has 5 N–H and O–H groups in total. The van der Waals surface area contributed by atoms with Gasteiger partial charge in [-0.2, -0.15) is 4.37 Å². The molecule has 1 saturated carbocycles. The fourth-order valence-corrected chi connectivity index (χ4v) is 5.55. The minimum absolute atomic E-state index is 0.0524. The molecule has 0 unspecified atom stereocenters. The van der Waals surface area contributed by atoms with Gasteiger partial charge in [-0.1, -0.05) is 37.1 Å². The van der Waals surface area contributed by atoms with Gasteiger partial charge in [0.2, 0.25) is 5.91 Å². The highest BCUT2D eigenvalue weighted by Crippen LogP contribution is 2.36. The summed E-state index contributed by atoms with van der Waals surface area (Å²) in [6.07, 6.45) is 3.92. The number of hydrogen-bond donors (Lipinski definition) is 3. The zero-order chi connectivity index (χ0) is 27.6. The van der Waals surface area contributed by atoms with Gasteiger partial charge in [0.15, 0.2) is 5.69 Å². The monoisotopic (exact) mass is 534 g/mol. The number of amides is 3. The number of benzene rings is 2. The molecule has 1 heterocycles. The van der Waals surface area contributed by atoms with Crippen LogP contribution >= 0.6 is 11.5 Å². The predicted molar refractivity (Wildman–Crippen MR) is 152 cm³/mol. The second kappa shape index (κ2) is 11.2. The van der Waals surface area contributed by atoms with Gasteiger partial charge in [0, 0.05) is 31.5 Å². The third-order valence-electron chi connectivity index (χ3n) is 6.93. The number of hydrogen-bond acceptors (Lipinski definition) is 7. The summed E-state index contributed by atoms with van der Waals surface area (Å²) < 4.78 is 4.03. The summed E-state index contributed by atoms with van der Waals surface area (Å²) in [5.74, 6) is -1.61. The first-order valence-electron chi connectivity index (χ1n) is 12.6. The average Bonchev–Trinajstić information content (AvgIpc) is 3.53. The van der Waals surface area contributed by atoms with Crippen molar-refractivity contribution >= 4 is 46.3 Å². The third kappa shape index (κ3) is 5.50. The molecule has 0 bridgehead atoms. The molecule has 9 nitrogen and oxygen atoms in total. The molecule has 4 rings (SSSR count). The van der Waals surface area contributed by atoms with Crippen LogP contribution in [0.25, 0.3) is 0 Å². The molecule has 200 valence electrons. The Morgan fingerprint density at radius 1 is 1.05 bits per heavy atom. The topological polar surface area (TPSA) is 135 Å². The SMILES string of the molecule is Cc1ccc(C)c(N(C(=O)c2snc(C(N)=O)c2N)[C@@H](C(=O)NC2CCCC2)c2ccc(N(C)C)cc2)c1. The Labute approximate surface area is 227 Å². The lowest BCUT2D eigenvalue weighted by atomic mass is 9.99. The highest BCUT2D eigenvalue weighted by atomic mass is 32.1. The van der Waals surface area contributed by atoms with E-state index in [0.717, 1.165) is 54.0 Å². The Morgan fingerprint density at radius 3 is 2.29 bits per heavy atom. The molecule has 3 amide bonds. The van der Waals surface area contributed by atoms with E-state index in [2.05, 4.69) is 9.69 Å². The van der Waals surface area contributed by atoms with Gasteiger partial charge < -0.3 is 21.7 Å². The van der Waals surface area contributed by atoms with E-state index in [1.165, 1.54) is 4.90 Å². The number of rotatable bonds is 8. The first-order chi connectivity index (χ1) is 18.1. The zero-order valence-corrected chi connectivity index (χ0v) is 23.0. The van der Waals surface area contributed by atoms with Gasteiger partial charge in [-0.15, -0.1) is 0 Å². The summed E-state index contributed by atoms with van der Waals surface area (Å²) in [5.41, 5.74) is 15.3. The van der Waals surface area contributed by atoms with Crippen LogP contribution in [0.15, 0.2) is 42.5 Å². The number of aryl methyl sites for hydroxylation is 2. The van der Waals surface area contributed by atoms with Crippen LogP contribution in [-0.2, 0) is 4.79 Å². The molecule has 0 spiro atoms. The second-order valence-corrected chi connectivity index (χ2v) is 10.8. The van der Waals surface area contributed by atoms with E-state index in [4.69, 9.17) is 11.5 Å². The van der Waals surface area contributed by atoms with Gasteiger partial charge in [-0.25, -0.2) is 0 Å². The number of carbonyl (C=O) groups is 3. The first kappa shape index (κ1) is 27.1. The van der Waals surface area contributed by atoms with Crippen molar-refractivity contribution in [3.63, 3.8) is 0 Å². The molecular formula is C28H34N6O3S. The average molecular weight is 535 g/mol. The van der Waals surface area contributed by atoms with E-state index in [0.29, 0.717) is 11.3 Å². The summed E-state index contributed by atoms with van der Waals surface area (Å²) in [6.45, 7) is 3.82. The minimum Gasteiger partial charge on any atom is -0.395 e. The van der Waals surface area contributed by atoms with Crippen molar-refractivity contribution in [2.75, 3.05) is 29.6 Å². The summed E-state index contributed by atoms with van der Waals surface area (Å²) in [7, 11) is 3.88. The number of carbonyl (C=O) groups excluding carboxylic acids is 3. The molecule has 1 aliphatic carbocycles. The predicted octanol–water partition coefficient (Wildman–Crippen LogP) is 3.95. The lowest BCUT2D eigenvalue weighted by molar-refractivity contribution is -0.123. The van der Waals surface area contributed by atoms with Crippen molar-refractivity contribution < 1.29 is 14.4 Å². The van der Waals surface area contributed by atoms with E-state index < -0.39 is 17.9 Å². The number of primary amides is 1. The van der Waals surface area contributed by atoms with E-state index in [1.54, 1.807) is 0 Å². The minimum atomic E-state index is -0.988. The van der Waals surface area contributed by atoms with Gasteiger partial charge in [-0.05, 0) is 73.1 Å². The van der Waals surface area contributed by atoms with E-state index in [1.807, 2.05) is 75.3 Å². The van der Waals surface area contributed by atoms with Crippen molar-refractivity contribution in [3.8, 4) is 0 Å². The summed E-state index contributed by atoms with van der Waals surface area (Å²) >= 11 is 0.804. The van der Waals surface area contributed by atoms with Crippen molar-refractivity contribution in [2.45, 2.75) is 51.6 Å². The van der Waals surface area contributed by atoms with Crippen LogP contribution in [-0.4, -0.2) is 42.2 Å². The van der Waals surface area contributed by atoms with Crippen LogP contribution in [0.5, 0.6) is 0 Å². The molecule has 0 aliphatic heterocycles. The molecule has 1 fully saturated rings. The normalized spacial score (nSPS) is 14.2. The van der Waals surface area contributed by atoms with Crippen LogP contribution < -0.4 is 26.6 Å². The van der Waals surface area contributed by atoms with E-state index >= 15 is 0 Å². The van der Waals surface area contributed by atoms with Gasteiger partial charge in [0.1, 0.15) is 10.9 Å². The number of nitrogens with zero attached hydrogens (tertiary/aromatic N) is 3. The summed E-state index contributed by atoms with van der Waals surface area (Å²) in [4.78, 5) is 43.6. The fourth-order valence-electron chi connectivity index (χ4n) is 4.81. The molecule has 1 atom stereocenters. The Morgan fingerprint density at radius 2 is 1.71 bits per heavy atom. The van der Waals surface area contributed by atoms with Crippen LogP contribution in [0.2, 0.25) is 0 Å². The van der Waals surface area contributed by atoms with Crippen molar-refractivity contribution in [1.29, 1.82) is 0 Å². The number of nitrogens with one attached hydrogen (secondary N) is 1. The van der Waals surface area contributed by atoms with Crippen LogP contribution in [0.4, 0.5) is 17.1 Å². The quantitative estimate of drug-likeness (QED) is 0.401. The van der Waals surface area contributed by atoms with Gasteiger partial charge in [0.25, 0.3) is 11.8 Å². The number of aromatic nitrogens is 1. The van der Waals surface area contributed by atoms with Crippen LogP contribution in [0.3, 0.4) is 0 Å². The Bertz CT molecular complexity index is 1350. The number of nitrogens with two attached hydrogens (primary N) is 2. The first-order valence-corrected chi connectivity index (χ1v) is 13.4. The lowest BCUT2D eigenvalue weighted by Crippen LogP contribution is -2.46. The highest BCUT2D eigenvalue weighted by molar-refractivity contribution is 7.09. The second-order valence-electron chi connectivity index (χ2n) is 9.98. The lowest BCUT2D eigenvalue weighted by Gasteiger charge is -2.33. The molecule has 1 aliphatic rings.